The number of ether oxygens (including phenoxy) is 5. The number of esters is 3. The lowest BCUT2D eigenvalue weighted by Crippen LogP contribution is -2.67. The van der Waals surface area contributed by atoms with Gasteiger partial charge in [-0.05, 0) is 12.1 Å². The molecule has 15 heteroatoms. The van der Waals surface area contributed by atoms with Gasteiger partial charge in [-0.25, -0.2) is 4.79 Å². The second-order valence-electron chi connectivity index (χ2n) is 7.47. The smallest absolute Gasteiger partial charge is 0.407 e. The lowest BCUT2D eigenvalue weighted by atomic mass is 9.97. The van der Waals surface area contributed by atoms with Crippen molar-refractivity contribution in [1.29, 1.82) is 0 Å². The average Bonchev–Trinajstić information content (AvgIpc) is 2.78. The Labute approximate surface area is 224 Å². The molecule has 1 aliphatic heterocycles. The SMILES string of the molecule is CC(=O)OCC1O[C@@H](S(=O)c2ccccc2)[C@@H](NC(=O)OCC(Cl)(Cl)Cl)C(OC(C)=O)[C@@H]1OC(C)=O. The summed E-state index contributed by atoms with van der Waals surface area (Å²) in [6.45, 7) is 2.27. The summed E-state index contributed by atoms with van der Waals surface area (Å²) in [4.78, 5) is 48.1. The van der Waals surface area contributed by atoms with Crippen LogP contribution in [0.15, 0.2) is 35.2 Å². The number of alkyl halides is 3. The molecule has 0 bridgehead atoms. The molecule has 1 saturated heterocycles. The van der Waals surface area contributed by atoms with Crippen molar-refractivity contribution in [3.05, 3.63) is 30.3 Å². The third kappa shape index (κ3) is 9.40. The van der Waals surface area contributed by atoms with E-state index in [9.17, 15) is 23.4 Å². The van der Waals surface area contributed by atoms with Crippen molar-refractivity contribution in [3.8, 4) is 0 Å². The van der Waals surface area contributed by atoms with Gasteiger partial charge in [0.1, 0.15) is 25.4 Å². The molecule has 1 aromatic rings. The lowest BCUT2D eigenvalue weighted by Gasteiger charge is -2.44. The van der Waals surface area contributed by atoms with Crippen molar-refractivity contribution in [2.45, 2.75) is 59.2 Å². The summed E-state index contributed by atoms with van der Waals surface area (Å²) >= 11 is 16.9. The first kappa shape index (κ1) is 30.1. The van der Waals surface area contributed by atoms with Crippen molar-refractivity contribution in [1.82, 2.24) is 5.32 Å². The van der Waals surface area contributed by atoms with Gasteiger partial charge < -0.3 is 29.0 Å². The van der Waals surface area contributed by atoms with E-state index in [2.05, 4.69) is 5.32 Å². The van der Waals surface area contributed by atoms with E-state index >= 15 is 0 Å². The molecule has 0 aliphatic carbocycles. The second-order valence-corrected chi connectivity index (χ2v) is 11.5. The standard InChI is InChI=1S/C21H24Cl3NO10S/c1-11(26)31-9-15-17(33-12(2)27)18(34-13(3)28)16(25-20(29)32-10-21(22,23)24)19(35-15)36(30)14-7-5-4-6-8-14/h4-8,15-19H,9-10H2,1-3H3,(H,25,29)/t15?,16-,17+,18?,19-,36?/m0/s1. The molecule has 3 unspecified atom stereocenters. The molecular weight excluding hydrogens is 565 g/mol. The fourth-order valence-electron chi connectivity index (χ4n) is 3.25. The van der Waals surface area contributed by atoms with Gasteiger partial charge in [0, 0.05) is 25.7 Å². The largest absolute Gasteiger partial charge is 0.463 e. The van der Waals surface area contributed by atoms with Crippen molar-refractivity contribution in [2.24, 2.45) is 0 Å². The van der Waals surface area contributed by atoms with Crippen molar-refractivity contribution in [2.75, 3.05) is 13.2 Å². The number of halogens is 3. The Bertz CT molecular complexity index is 974. The van der Waals surface area contributed by atoms with Crippen LogP contribution in [0.2, 0.25) is 0 Å². The number of carbonyl (C=O) groups is 4. The van der Waals surface area contributed by atoms with Gasteiger partial charge in [-0.2, -0.15) is 0 Å². The first-order valence-corrected chi connectivity index (χ1v) is 12.7. The van der Waals surface area contributed by atoms with Crippen molar-refractivity contribution >= 4 is 69.6 Å². The van der Waals surface area contributed by atoms with E-state index in [4.69, 9.17) is 58.5 Å². The number of rotatable bonds is 8. The third-order valence-electron chi connectivity index (χ3n) is 4.54. The molecule has 1 N–H and O–H groups in total. The van der Waals surface area contributed by atoms with Gasteiger partial charge in [-0.1, -0.05) is 53.0 Å². The minimum atomic E-state index is -1.98. The van der Waals surface area contributed by atoms with Crippen molar-refractivity contribution in [3.63, 3.8) is 0 Å². The van der Waals surface area contributed by atoms with E-state index in [1.807, 2.05) is 0 Å². The monoisotopic (exact) mass is 587 g/mol. The van der Waals surface area contributed by atoms with Gasteiger partial charge in [-0.15, -0.1) is 0 Å². The molecule has 11 nitrogen and oxygen atoms in total. The van der Waals surface area contributed by atoms with Crippen molar-refractivity contribution < 1.29 is 47.1 Å². The van der Waals surface area contributed by atoms with Crippen LogP contribution in [-0.4, -0.2) is 75.0 Å². The van der Waals surface area contributed by atoms with Gasteiger partial charge >= 0.3 is 24.0 Å². The first-order valence-electron chi connectivity index (χ1n) is 10.4. The molecule has 0 radical (unpaired) electrons. The summed E-state index contributed by atoms with van der Waals surface area (Å²) in [7, 11) is -1.98. The Morgan fingerprint density at radius 2 is 1.53 bits per heavy atom. The maximum atomic E-state index is 13.5. The zero-order valence-electron chi connectivity index (χ0n) is 19.3. The van der Waals surface area contributed by atoms with E-state index < -0.39 is 81.6 Å². The summed E-state index contributed by atoms with van der Waals surface area (Å²) in [6.07, 6.45) is -5.14. The Morgan fingerprint density at radius 3 is 2.06 bits per heavy atom. The first-order chi connectivity index (χ1) is 16.8. The highest BCUT2D eigenvalue weighted by molar-refractivity contribution is 7.85. The summed E-state index contributed by atoms with van der Waals surface area (Å²) in [6, 6.07) is 6.70. The maximum Gasteiger partial charge on any atom is 0.407 e. The van der Waals surface area contributed by atoms with E-state index in [-0.39, 0.29) is 0 Å². The van der Waals surface area contributed by atoms with Crippen LogP contribution in [0.25, 0.3) is 0 Å². The van der Waals surface area contributed by atoms with Gasteiger partial charge in [0.15, 0.2) is 17.6 Å². The molecular formula is C21H24Cl3NO10S. The summed E-state index contributed by atoms with van der Waals surface area (Å²) in [5.41, 5.74) is -1.38. The molecule has 1 fully saturated rings. The predicted octanol–water partition coefficient (Wildman–Crippen LogP) is 2.41. The number of hydrogen-bond acceptors (Lipinski definition) is 10. The normalized spacial score (nSPS) is 24.7. The number of nitrogens with one attached hydrogen (secondary N) is 1. The molecule has 0 aromatic heterocycles. The Hall–Kier alpha value is -2.12. The summed E-state index contributed by atoms with van der Waals surface area (Å²) in [5, 5.41) is 2.40. The van der Waals surface area contributed by atoms with Crippen LogP contribution in [-0.2, 0) is 48.9 Å². The summed E-state index contributed by atoms with van der Waals surface area (Å²) in [5.74, 6) is -2.26. The van der Waals surface area contributed by atoms with Crippen LogP contribution in [0.5, 0.6) is 0 Å². The van der Waals surface area contributed by atoms with E-state index in [1.165, 1.54) is 0 Å². The molecule has 1 heterocycles. The molecule has 0 spiro atoms. The van der Waals surface area contributed by atoms with Crippen LogP contribution in [0.3, 0.4) is 0 Å². The highest BCUT2D eigenvalue weighted by Crippen LogP contribution is 2.31. The van der Waals surface area contributed by atoms with Crippen LogP contribution >= 0.6 is 34.8 Å². The molecule has 1 aromatic carbocycles. The number of hydrogen-bond donors (Lipinski definition) is 1. The quantitative estimate of drug-likeness (QED) is 0.273. The van der Waals surface area contributed by atoms with Gasteiger partial charge in [0.25, 0.3) is 0 Å². The van der Waals surface area contributed by atoms with E-state index in [0.29, 0.717) is 4.90 Å². The maximum absolute atomic E-state index is 13.5. The fourth-order valence-corrected chi connectivity index (χ4v) is 4.84. The minimum Gasteiger partial charge on any atom is -0.463 e. The highest BCUT2D eigenvalue weighted by Gasteiger charge is 2.53. The van der Waals surface area contributed by atoms with Gasteiger partial charge in [0.2, 0.25) is 3.79 Å². The molecule has 6 atom stereocenters. The molecule has 1 amide bonds. The average molecular weight is 589 g/mol. The Kier molecular flexibility index (Phi) is 11.2. The van der Waals surface area contributed by atoms with Gasteiger partial charge in [-0.3, -0.25) is 18.6 Å². The van der Waals surface area contributed by atoms with Crippen LogP contribution in [0.1, 0.15) is 20.8 Å². The molecule has 2 rings (SSSR count). The molecule has 1 aliphatic rings. The summed E-state index contributed by atoms with van der Waals surface area (Å²) < 4.78 is 38.2. The zero-order valence-corrected chi connectivity index (χ0v) is 22.4. The molecule has 0 saturated carbocycles. The van der Waals surface area contributed by atoms with E-state index in [0.717, 1.165) is 20.8 Å². The topological polar surface area (TPSA) is 144 Å². The van der Waals surface area contributed by atoms with Crippen LogP contribution in [0.4, 0.5) is 4.79 Å². The number of benzene rings is 1. The second kappa shape index (κ2) is 13.4. The van der Waals surface area contributed by atoms with Crippen LogP contribution < -0.4 is 5.32 Å². The fraction of sp³-hybridized carbons (Fsp3) is 0.524. The Balaban J connectivity index is 2.51. The number of amides is 1. The molecule has 200 valence electrons. The molecule has 36 heavy (non-hydrogen) atoms. The third-order valence-corrected chi connectivity index (χ3v) is 6.43. The Morgan fingerprint density at radius 1 is 0.944 bits per heavy atom. The lowest BCUT2D eigenvalue weighted by molar-refractivity contribution is -0.211. The number of carbonyl (C=O) groups excluding carboxylic acids is 4. The predicted molar refractivity (Wildman–Crippen MR) is 128 cm³/mol. The highest BCUT2D eigenvalue weighted by atomic mass is 35.6. The zero-order chi connectivity index (χ0) is 27.0. The number of alkyl carbamates (subject to hydrolysis) is 1. The van der Waals surface area contributed by atoms with Gasteiger partial charge in [0.05, 0.1) is 10.8 Å². The minimum absolute atomic E-state index is 0.308. The van der Waals surface area contributed by atoms with E-state index in [1.54, 1.807) is 30.3 Å². The van der Waals surface area contributed by atoms with Crippen LogP contribution in [0, 0.1) is 0 Å².